The highest BCUT2D eigenvalue weighted by Crippen LogP contribution is 2.30. The fraction of sp³-hybridized carbons (Fsp3) is 0.480. The largest absolute Gasteiger partial charge is 0.493 e. The summed E-state index contributed by atoms with van der Waals surface area (Å²) in [6, 6.07) is 14.8. The van der Waals surface area contributed by atoms with Crippen LogP contribution in [0.1, 0.15) is 37.8 Å². The molecule has 2 aromatic rings. The van der Waals surface area contributed by atoms with Gasteiger partial charge in [0.2, 0.25) is 5.96 Å². The van der Waals surface area contributed by atoms with E-state index in [0.29, 0.717) is 25.6 Å². The molecular formula is C25H33FN4O2. The molecule has 0 aromatic heterocycles. The predicted molar refractivity (Wildman–Crippen MR) is 124 cm³/mol. The molecule has 7 heteroatoms. The van der Waals surface area contributed by atoms with Crippen molar-refractivity contribution in [3.05, 3.63) is 65.5 Å². The van der Waals surface area contributed by atoms with Gasteiger partial charge in [-0.05, 0) is 48.4 Å². The van der Waals surface area contributed by atoms with Gasteiger partial charge in [-0.1, -0.05) is 38.1 Å². The smallest absolute Gasteiger partial charge is 0.222 e. The zero-order valence-electron chi connectivity index (χ0n) is 19.2. The van der Waals surface area contributed by atoms with E-state index in [0.717, 1.165) is 48.8 Å². The number of hydrogen-bond acceptors (Lipinski definition) is 6. The van der Waals surface area contributed by atoms with Crippen LogP contribution in [0.5, 0.6) is 5.75 Å². The highest BCUT2D eigenvalue weighted by molar-refractivity contribution is 5.80. The number of hydroxylamine groups is 1. The lowest BCUT2D eigenvalue weighted by molar-refractivity contribution is -0.0875. The molecule has 6 nitrogen and oxygen atoms in total. The molecule has 0 bridgehead atoms. The van der Waals surface area contributed by atoms with E-state index in [2.05, 4.69) is 48.3 Å². The van der Waals surface area contributed by atoms with Gasteiger partial charge in [-0.25, -0.2) is 19.7 Å². The molecular weight excluding hydrogens is 407 g/mol. The molecule has 1 spiro atoms. The number of likely N-dealkylation sites (tertiary alicyclic amines) is 1. The SMILES string of the molecule is CC(C)COc1ccc(CN(Cc2ccc(F)cc2)C2=NC3(CCN(C)CC3)ON2)cc1. The Hall–Kier alpha value is -2.64. The Kier molecular flexibility index (Phi) is 6.96. The topological polar surface area (TPSA) is 49.3 Å². The molecule has 172 valence electrons. The number of piperidine rings is 1. The third-order valence-electron chi connectivity index (χ3n) is 5.88. The lowest BCUT2D eigenvalue weighted by atomic mass is 10.0. The van der Waals surface area contributed by atoms with Crippen molar-refractivity contribution in [1.29, 1.82) is 0 Å². The van der Waals surface area contributed by atoms with E-state index in [1.165, 1.54) is 12.1 Å². The molecule has 0 atom stereocenters. The highest BCUT2D eigenvalue weighted by atomic mass is 19.1. The second kappa shape index (κ2) is 9.88. The lowest BCUT2D eigenvalue weighted by Crippen LogP contribution is -2.43. The zero-order chi connectivity index (χ0) is 22.6. The number of hydrogen-bond donors (Lipinski definition) is 1. The molecule has 0 aliphatic carbocycles. The molecule has 2 aromatic carbocycles. The van der Waals surface area contributed by atoms with Gasteiger partial charge in [0.25, 0.3) is 0 Å². The molecule has 2 aliphatic heterocycles. The van der Waals surface area contributed by atoms with Gasteiger partial charge in [0.15, 0.2) is 5.72 Å². The van der Waals surface area contributed by atoms with Crippen LogP contribution < -0.4 is 10.2 Å². The predicted octanol–water partition coefficient (Wildman–Crippen LogP) is 4.18. The number of ether oxygens (including phenoxy) is 1. The van der Waals surface area contributed by atoms with Gasteiger partial charge < -0.3 is 14.5 Å². The number of halogens is 1. The molecule has 0 radical (unpaired) electrons. The maximum absolute atomic E-state index is 13.4. The van der Waals surface area contributed by atoms with E-state index in [-0.39, 0.29) is 5.82 Å². The Labute approximate surface area is 190 Å². The van der Waals surface area contributed by atoms with Crippen molar-refractivity contribution >= 4 is 5.96 Å². The van der Waals surface area contributed by atoms with Crippen molar-refractivity contribution in [2.75, 3.05) is 26.7 Å². The second-order valence-electron chi connectivity index (χ2n) is 9.22. The Bertz CT molecular complexity index is 907. The first-order valence-electron chi connectivity index (χ1n) is 11.3. The monoisotopic (exact) mass is 440 g/mol. The summed E-state index contributed by atoms with van der Waals surface area (Å²) in [6.45, 7) is 8.12. The molecule has 1 saturated heterocycles. The maximum atomic E-state index is 13.4. The minimum Gasteiger partial charge on any atom is -0.493 e. The summed E-state index contributed by atoms with van der Waals surface area (Å²) >= 11 is 0. The van der Waals surface area contributed by atoms with Crippen molar-refractivity contribution in [2.24, 2.45) is 10.9 Å². The second-order valence-corrected chi connectivity index (χ2v) is 9.22. The van der Waals surface area contributed by atoms with Crippen LogP contribution in [0.15, 0.2) is 53.5 Å². The van der Waals surface area contributed by atoms with E-state index < -0.39 is 5.72 Å². The van der Waals surface area contributed by atoms with Gasteiger partial charge >= 0.3 is 0 Å². The van der Waals surface area contributed by atoms with E-state index in [1.807, 2.05) is 24.3 Å². The highest BCUT2D eigenvalue weighted by Gasteiger charge is 2.40. The van der Waals surface area contributed by atoms with E-state index in [4.69, 9.17) is 14.6 Å². The van der Waals surface area contributed by atoms with Gasteiger partial charge in [0.05, 0.1) is 6.61 Å². The van der Waals surface area contributed by atoms with Crippen molar-refractivity contribution < 1.29 is 14.0 Å². The Morgan fingerprint density at radius 1 is 1.06 bits per heavy atom. The first kappa shape index (κ1) is 22.6. The van der Waals surface area contributed by atoms with Gasteiger partial charge in [-0.2, -0.15) is 0 Å². The molecule has 0 saturated carbocycles. The first-order chi connectivity index (χ1) is 15.4. The maximum Gasteiger partial charge on any atom is 0.222 e. The molecule has 1 N–H and O–H groups in total. The quantitative estimate of drug-likeness (QED) is 0.700. The number of nitrogens with one attached hydrogen (secondary N) is 1. The molecule has 0 unspecified atom stereocenters. The van der Waals surface area contributed by atoms with Crippen LogP contribution in [0.25, 0.3) is 0 Å². The summed E-state index contributed by atoms with van der Waals surface area (Å²) in [4.78, 5) is 15.4. The summed E-state index contributed by atoms with van der Waals surface area (Å²) in [5.41, 5.74) is 4.73. The van der Waals surface area contributed by atoms with Gasteiger partial charge in [0.1, 0.15) is 11.6 Å². The van der Waals surface area contributed by atoms with Crippen LogP contribution in [0.2, 0.25) is 0 Å². The molecule has 32 heavy (non-hydrogen) atoms. The summed E-state index contributed by atoms with van der Waals surface area (Å²) < 4.78 is 19.2. The van der Waals surface area contributed by atoms with Crippen LogP contribution in [-0.4, -0.2) is 48.2 Å². The Morgan fingerprint density at radius 2 is 1.66 bits per heavy atom. The summed E-state index contributed by atoms with van der Waals surface area (Å²) in [5, 5.41) is 0. The van der Waals surface area contributed by atoms with Crippen molar-refractivity contribution in [1.82, 2.24) is 15.3 Å². The Balaban J connectivity index is 1.51. The van der Waals surface area contributed by atoms with Crippen molar-refractivity contribution in [3.8, 4) is 5.75 Å². The fourth-order valence-electron chi connectivity index (χ4n) is 3.89. The van der Waals surface area contributed by atoms with Crippen molar-refractivity contribution in [3.63, 3.8) is 0 Å². The molecule has 4 rings (SSSR count). The van der Waals surface area contributed by atoms with Crippen molar-refractivity contribution in [2.45, 2.75) is 45.5 Å². The molecule has 1 fully saturated rings. The number of guanidine groups is 1. The molecule has 2 aliphatic rings. The van der Waals surface area contributed by atoms with Crippen LogP contribution in [0.3, 0.4) is 0 Å². The summed E-state index contributed by atoms with van der Waals surface area (Å²) in [6.07, 6.45) is 1.71. The number of benzene rings is 2. The van der Waals surface area contributed by atoms with Gasteiger partial charge in [0, 0.05) is 39.0 Å². The van der Waals surface area contributed by atoms with Crippen LogP contribution >= 0.6 is 0 Å². The average Bonchev–Trinajstić information content (AvgIpc) is 3.20. The summed E-state index contributed by atoms with van der Waals surface area (Å²) in [5.74, 6) is 1.85. The first-order valence-corrected chi connectivity index (χ1v) is 11.3. The normalized spacial score (nSPS) is 18.0. The Morgan fingerprint density at radius 3 is 2.25 bits per heavy atom. The minimum absolute atomic E-state index is 0.234. The summed E-state index contributed by atoms with van der Waals surface area (Å²) in [7, 11) is 2.12. The van der Waals surface area contributed by atoms with Crippen LogP contribution in [-0.2, 0) is 17.9 Å². The van der Waals surface area contributed by atoms with Gasteiger partial charge in [-0.3, -0.25) is 0 Å². The average molecular weight is 441 g/mol. The third kappa shape index (κ3) is 5.78. The molecule has 2 heterocycles. The van der Waals surface area contributed by atoms with Crippen LogP contribution in [0.4, 0.5) is 4.39 Å². The number of rotatable bonds is 7. The van der Waals surface area contributed by atoms with Crippen LogP contribution in [0, 0.1) is 11.7 Å². The zero-order valence-corrected chi connectivity index (χ0v) is 19.2. The van der Waals surface area contributed by atoms with E-state index in [1.54, 1.807) is 0 Å². The standard InChI is InChI=1S/C25H33FN4O2/c1-19(2)18-31-23-10-6-21(7-11-23)17-30(16-20-4-8-22(26)9-5-20)24-27-25(32-28-24)12-14-29(3)15-13-25/h4-11,19H,12-18H2,1-3H3,(H,27,28). The number of aliphatic imine (C=N–C) groups is 1. The van der Waals surface area contributed by atoms with E-state index >= 15 is 0 Å². The third-order valence-corrected chi connectivity index (χ3v) is 5.88. The number of nitrogens with zero attached hydrogens (tertiary/aromatic N) is 3. The lowest BCUT2D eigenvalue weighted by Gasteiger charge is -2.33. The van der Waals surface area contributed by atoms with Gasteiger partial charge in [-0.15, -0.1) is 0 Å². The van der Waals surface area contributed by atoms with E-state index in [9.17, 15) is 4.39 Å². The minimum atomic E-state index is -0.503. The fourth-order valence-corrected chi connectivity index (χ4v) is 3.89. The molecule has 0 amide bonds.